The molecule has 5 heteroatoms. The van der Waals surface area contributed by atoms with Gasteiger partial charge in [0.2, 0.25) is 0 Å². The summed E-state index contributed by atoms with van der Waals surface area (Å²) in [5, 5.41) is 6.20. The van der Waals surface area contributed by atoms with Gasteiger partial charge in [-0.3, -0.25) is 9.59 Å². The lowest BCUT2D eigenvalue weighted by atomic mass is 10.0. The molecule has 3 aromatic carbocycles. The van der Waals surface area contributed by atoms with Crippen LogP contribution in [0.1, 0.15) is 35.8 Å². The second-order valence-corrected chi connectivity index (χ2v) is 6.57. The quantitative estimate of drug-likeness (QED) is 0.528. The van der Waals surface area contributed by atoms with E-state index in [-0.39, 0.29) is 11.7 Å². The first-order valence-corrected chi connectivity index (χ1v) is 9.53. The standard InChI is InChI=1S/C24H24N2O3/c1-3-29-22-14-12-20(13-15-22)25-23(18-8-5-4-6-9-18)24(28)26-21-11-7-10-19(16-21)17(2)27/h4-16,23,25H,3H2,1-2H3,(H,26,28). The van der Waals surface area contributed by atoms with Crippen LogP contribution in [0, 0.1) is 0 Å². The largest absolute Gasteiger partial charge is 0.494 e. The van der Waals surface area contributed by atoms with Crippen molar-refractivity contribution in [1.82, 2.24) is 0 Å². The Morgan fingerprint density at radius 2 is 1.62 bits per heavy atom. The number of Topliss-reactive ketones (excluding diaryl/α,β-unsaturated/α-hetero) is 1. The van der Waals surface area contributed by atoms with Crippen LogP contribution in [-0.4, -0.2) is 18.3 Å². The molecule has 0 spiro atoms. The summed E-state index contributed by atoms with van der Waals surface area (Å²) in [5.41, 5.74) is 2.77. The van der Waals surface area contributed by atoms with Crippen molar-refractivity contribution < 1.29 is 14.3 Å². The Hall–Kier alpha value is -3.60. The molecule has 2 N–H and O–H groups in total. The molecule has 0 saturated carbocycles. The molecule has 3 rings (SSSR count). The molecule has 0 saturated heterocycles. The van der Waals surface area contributed by atoms with Gasteiger partial charge in [-0.1, -0.05) is 42.5 Å². The summed E-state index contributed by atoms with van der Waals surface area (Å²) < 4.78 is 5.47. The van der Waals surface area contributed by atoms with E-state index < -0.39 is 6.04 Å². The van der Waals surface area contributed by atoms with Gasteiger partial charge in [-0.2, -0.15) is 0 Å². The zero-order valence-corrected chi connectivity index (χ0v) is 16.5. The molecule has 0 aliphatic carbocycles. The number of ketones is 1. The first-order chi connectivity index (χ1) is 14.1. The number of amides is 1. The van der Waals surface area contributed by atoms with Crippen molar-refractivity contribution in [3.63, 3.8) is 0 Å². The Balaban J connectivity index is 1.82. The van der Waals surface area contributed by atoms with E-state index >= 15 is 0 Å². The van der Waals surface area contributed by atoms with E-state index in [1.807, 2.05) is 61.5 Å². The molecule has 5 nitrogen and oxygen atoms in total. The van der Waals surface area contributed by atoms with Crippen molar-refractivity contribution in [2.24, 2.45) is 0 Å². The molecule has 29 heavy (non-hydrogen) atoms. The molecule has 1 amide bonds. The van der Waals surface area contributed by atoms with Crippen molar-refractivity contribution in [2.75, 3.05) is 17.2 Å². The van der Waals surface area contributed by atoms with E-state index in [9.17, 15) is 9.59 Å². The van der Waals surface area contributed by atoms with Gasteiger partial charge in [0.25, 0.3) is 5.91 Å². The highest BCUT2D eigenvalue weighted by molar-refractivity contribution is 5.99. The molecule has 0 aliphatic rings. The molecule has 0 fully saturated rings. The van der Waals surface area contributed by atoms with Crippen LogP contribution in [0.2, 0.25) is 0 Å². The van der Waals surface area contributed by atoms with Crippen molar-refractivity contribution in [3.05, 3.63) is 90.0 Å². The third kappa shape index (κ3) is 5.45. The Kier molecular flexibility index (Phi) is 6.63. The third-order valence-electron chi connectivity index (χ3n) is 4.41. The van der Waals surface area contributed by atoms with E-state index in [0.29, 0.717) is 17.9 Å². The van der Waals surface area contributed by atoms with Crippen LogP contribution >= 0.6 is 0 Å². The maximum atomic E-state index is 13.1. The van der Waals surface area contributed by atoms with Crippen LogP contribution in [-0.2, 0) is 4.79 Å². The summed E-state index contributed by atoms with van der Waals surface area (Å²) in [6, 6.07) is 23.3. The van der Waals surface area contributed by atoms with E-state index in [2.05, 4.69) is 10.6 Å². The van der Waals surface area contributed by atoms with Gasteiger partial charge >= 0.3 is 0 Å². The molecule has 0 aromatic heterocycles. The summed E-state index contributed by atoms with van der Waals surface area (Å²) >= 11 is 0. The fourth-order valence-electron chi connectivity index (χ4n) is 2.96. The fourth-order valence-corrected chi connectivity index (χ4v) is 2.96. The second-order valence-electron chi connectivity index (χ2n) is 6.57. The first-order valence-electron chi connectivity index (χ1n) is 9.53. The predicted octanol–water partition coefficient (Wildman–Crippen LogP) is 5.08. The summed E-state index contributed by atoms with van der Waals surface area (Å²) in [6.45, 7) is 4.03. The average Bonchev–Trinajstić information content (AvgIpc) is 2.74. The number of hydrogen-bond donors (Lipinski definition) is 2. The van der Waals surface area contributed by atoms with Crippen molar-refractivity contribution in [1.29, 1.82) is 0 Å². The normalized spacial score (nSPS) is 11.4. The molecule has 3 aromatic rings. The average molecular weight is 388 g/mol. The topological polar surface area (TPSA) is 67.4 Å². The van der Waals surface area contributed by atoms with Crippen LogP contribution in [0.3, 0.4) is 0 Å². The van der Waals surface area contributed by atoms with Gasteiger partial charge in [0.15, 0.2) is 5.78 Å². The Morgan fingerprint density at radius 3 is 2.28 bits per heavy atom. The summed E-state index contributed by atoms with van der Waals surface area (Å²) in [6.07, 6.45) is 0. The molecule has 1 atom stereocenters. The molecule has 1 unspecified atom stereocenters. The molecular weight excluding hydrogens is 364 g/mol. The van der Waals surface area contributed by atoms with Crippen molar-refractivity contribution >= 4 is 23.1 Å². The van der Waals surface area contributed by atoms with E-state index in [4.69, 9.17) is 4.74 Å². The maximum Gasteiger partial charge on any atom is 0.251 e. The number of benzene rings is 3. The second kappa shape index (κ2) is 9.55. The van der Waals surface area contributed by atoms with Gasteiger partial charge < -0.3 is 15.4 Å². The van der Waals surface area contributed by atoms with Crippen LogP contribution in [0.5, 0.6) is 5.75 Å². The number of hydrogen-bond acceptors (Lipinski definition) is 4. The van der Waals surface area contributed by atoms with Crippen LogP contribution in [0.15, 0.2) is 78.9 Å². The Morgan fingerprint density at radius 1 is 0.897 bits per heavy atom. The minimum absolute atomic E-state index is 0.0479. The van der Waals surface area contributed by atoms with Gasteiger partial charge in [-0.05, 0) is 55.8 Å². The number of rotatable bonds is 8. The summed E-state index contributed by atoms with van der Waals surface area (Å²) in [5.74, 6) is 0.513. The fraction of sp³-hybridized carbons (Fsp3) is 0.167. The van der Waals surface area contributed by atoms with Crippen LogP contribution in [0.25, 0.3) is 0 Å². The van der Waals surface area contributed by atoms with Gasteiger partial charge in [-0.15, -0.1) is 0 Å². The molecule has 148 valence electrons. The smallest absolute Gasteiger partial charge is 0.251 e. The van der Waals surface area contributed by atoms with Crippen LogP contribution in [0.4, 0.5) is 11.4 Å². The van der Waals surface area contributed by atoms with Gasteiger partial charge in [0.1, 0.15) is 11.8 Å². The van der Waals surface area contributed by atoms with E-state index in [1.165, 1.54) is 6.92 Å². The van der Waals surface area contributed by atoms with Gasteiger partial charge in [0, 0.05) is 16.9 Å². The number of carbonyl (C=O) groups excluding carboxylic acids is 2. The highest BCUT2D eigenvalue weighted by Gasteiger charge is 2.21. The summed E-state index contributed by atoms with van der Waals surface area (Å²) in [4.78, 5) is 24.7. The number of nitrogens with one attached hydrogen (secondary N) is 2. The minimum Gasteiger partial charge on any atom is -0.494 e. The number of anilines is 2. The Bertz CT molecular complexity index is 969. The predicted molar refractivity (Wildman–Crippen MR) is 115 cm³/mol. The third-order valence-corrected chi connectivity index (χ3v) is 4.41. The number of carbonyl (C=O) groups is 2. The highest BCUT2D eigenvalue weighted by Crippen LogP contribution is 2.24. The molecule has 0 heterocycles. The Labute approximate surface area is 170 Å². The highest BCUT2D eigenvalue weighted by atomic mass is 16.5. The monoisotopic (exact) mass is 388 g/mol. The van der Waals surface area contributed by atoms with Crippen molar-refractivity contribution in [3.8, 4) is 5.75 Å². The molecule has 0 aliphatic heterocycles. The lowest BCUT2D eigenvalue weighted by Gasteiger charge is -2.20. The SMILES string of the molecule is CCOc1ccc(NC(C(=O)Nc2cccc(C(C)=O)c2)c2ccccc2)cc1. The van der Waals surface area contributed by atoms with E-state index in [1.54, 1.807) is 24.3 Å². The van der Waals surface area contributed by atoms with Crippen LogP contribution < -0.4 is 15.4 Å². The number of ether oxygens (including phenoxy) is 1. The van der Waals surface area contributed by atoms with Gasteiger partial charge in [0.05, 0.1) is 6.61 Å². The lowest BCUT2D eigenvalue weighted by molar-refractivity contribution is -0.117. The van der Waals surface area contributed by atoms with Gasteiger partial charge in [-0.25, -0.2) is 0 Å². The van der Waals surface area contributed by atoms with Crippen molar-refractivity contribution in [2.45, 2.75) is 19.9 Å². The van der Waals surface area contributed by atoms with E-state index in [0.717, 1.165) is 17.0 Å². The zero-order valence-electron chi connectivity index (χ0n) is 16.5. The molecule has 0 radical (unpaired) electrons. The molecule has 0 bridgehead atoms. The first kappa shape index (κ1) is 20.1. The minimum atomic E-state index is -0.602. The summed E-state index contributed by atoms with van der Waals surface area (Å²) in [7, 11) is 0. The molecular formula is C24H24N2O3. The maximum absolute atomic E-state index is 13.1. The lowest BCUT2D eigenvalue weighted by Crippen LogP contribution is -2.27. The zero-order chi connectivity index (χ0) is 20.6.